The molecule has 1 atom stereocenters. The third-order valence-electron chi connectivity index (χ3n) is 3.53. The van der Waals surface area contributed by atoms with Crippen LogP contribution in [0.4, 0.5) is 10.8 Å². The van der Waals surface area contributed by atoms with Crippen LogP contribution < -0.4 is 10.6 Å². The first-order valence-corrected chi connectivity index (χ1v) is 8.01. The molecule has 0 saturated carbocycles. The molecular weight excluding hydrogens is 284 g/mol. The molecule has 5 nitrogen and oxygen atoms in total. The van der Waals surface area contributed by atoms with Crippen LogP contribution in [0.15, 0.2) is 24.3 Å². The molecule has 1 aliphatic rings. The third kappa shape index (κ3) is 3.21. The average Bonchev–Trinajstić information content (AvgIpc) is 2.85. The Balaban J connectivity index is 1.70. The number of para-hydroxylation sites is 1. The Morgan fingerprint density at radius 2 is 2.29 bits per heavy atom. The molecule has 0 radical (unpaired) electrons. The lowest BCUT2D eigenvalue weighted by atomic mass is 10.1. The summed E-state index contributed by atoms with van der Waals surface area (Å²) >= 11 is 1.32. The predicted octanol–water partition coefficient (Wildman–Crippen LogP) is 2.86. The lowest BCUT2D eigenvalue weighted by Gasteiger charge is -2.13. The van der Waals surface area contributed by atoms with E-state index in [9.17, 15) is 4.79 Å². The van der Waals surface area contributed by atoms with Crippen LogP contribution in [-0.2, 0) is 17.6 Å². The van der Waals surface area contributed by atoms with E-state index in [1.165, 1.54) is 17.1 Å². The van der Waals surface area contributed by atoms with Gasteiger partial charge in [-0.3, -0.25) is 4.79 Å². The van der Waals surface area contributed by atoms with Crippen molar-refractivity contribution in [3.63, 3.8) is 0 Å². The van der Waals surface area contributed by atoms with Crippen LogP contribution in [0.1, 0.15) is 31.2 Å². The van der Waals surface area contributed by atoms with Gasteiger partial charge in [0.1, 0.15) is 11.9 Å². The summed E-state index contributed by atoms with van der Waals surface area (Å²) in [5.41, 5.74) is 2.09. The topological polar surface area (TPSA) is 66.9 Å². The number of carbonyl (C=O) groups excluding carboxylic acids is 1. The lowest BCUT2D eigenvalue weighted by molar-refractivity contribution is -0.116. The SMILES string of the molecule is CCCc1nsc(NC2CCc3ccccc3NC2=O)n1. The largest absolute Gasteiger partial charge is 0.348 e. The molecule has 2 N–H and O–H groups in total. The van der Waals surface area contributed by atoms with Crippen LogP contribution in [0.2, 0.25) is 0 Å². The van der Waals surface area contributed by atoms with E-state index in [0.29, 0.717) is 0 Å². The maximum absolute atomic E-state index is 12.3. The number of aryl methyl sites for hydroxylation is 2. The number of hydrogen-bond donors (Lipinski definition) is 2. The molecule has 2 aromatic rings. The van der Waals surface area contributed by atoms with Gasteiger partial charge in [0.05, 0.1) is 0 Å². The van der Waals surface area contributed by atoms with Crippen LogP contribution in [0.3, 0.4) is 0 Å². The Morgan fingerprint density at radius 1 is 1.43 bits per heavy atom. The number of anilines is 2. The molecule has 1 aliphatic heterocycles. The normalized spacial score (nSPS) is 17.8. The van der Waals surface area contributed by atoms with Gasteiger partial charge in [-0.15, -0.1) is 0 Å². The molecule has 1 amide bonds. The molecule has 2 heterocycles. The first-order valence-electron chi connectivity index (χ1n) is 7.24. The second-order valence-electron chi connectivity index (χ2n) is 5.15. The highest BCUT2D eigenvalue weighted by Gasteiger charge is 2.24. The van der Waals surface area contributed by atoms with Crippen molar-refractivity contribution in [3.05, 3.63) is 35.7 Å². The minimum Gasteiger partial charge on any atom is -0.348 e. The molecule has 6 heteroatoms. The molecule has 1 aromatic heterocycles. The van der Waals surface area contributed by atoms with Gasteiger partial charge in [-0.2, -0.15) is 4.37 Å². The number of fused-ring (bicyclic) bond motifs is 1. The third-order valence-corrected chi connectivity index (χ3v) is 4.22. The maximum Gasteiger partial charge on any atom is 0.246 e. The summed E-state index contributed by atoms with van der Waals surface area (Å²) in [7, 11) is 0. The van der Waals surface area contributed by atoms with Gasteiger partial charge in [-0.05, 0) is 30.9 Å². The second-order valence-corrected chi connectivity index (χ2v) is 5.90. The van der Waals surface area contributed by atoms with E-state index in [1.54, 1.807) is 0 Å². The van der Waals surface area contributed by atoms with E-state index in [0.717, 1.165) is 42.3 Å². The fourth-order valence-corrected chi connectivity index (χ4v) is 3.10. The van der Waals surface area contributed by atoms with E-state index < -0.39 is 0 Å². The molecule has 0 saturated heterocycles. The molecule has 0 fully saturated rings. The van der Waals surface area contributed by atoms with Gasteiger partial charge in [0.25, 0.3) is 0 Å². The van der Waals surface area contributed by atoms with Crippen LogP contribution in [-0.4, -0.2) is 21.3 Å². The van der Waals surface area contributed by atoms with Gasteiger partial charge in [0.15, 0.2) is 0 Å². The zero-order valence-corrected chi connectivity index (χ0v) is 12.7. The van der Waals surface area contributed by atoms with Crippen LogP contribution >= 0.6 is 11.5 Å². The van der Waals surface area contributed by atoms with Crippen molar-refractivity contribution in [1.29, 1.82) is 0 Å². The van der Waals surface area contributed by atoms with Crippen LogP contribution in [0.25, 0.3) is 0 Å². The van der Waals surface area contributed by atoms with Crippen LogP contribution in [0, 0.1) is 0 Å². The van der Waals surface area contributed by atoms with Gasteiger partial charge in [-0.1, -0.05) is 25.1 Å². The Morgan fingerprint density at radius 3 is 3.14 bits per heavy atom. The van der Waals surface area contributed by atoms with Crippen molar-refractivity contribution < 1.29 is 4.79 Å². The number of hydrogen-bond acceptors (Lipinski definition) is 5. The molecule has 1 unspecified atom stereocenters. The summed E-state index contributed by atoms with van der Waals surface area (Å²) in [4.78, 5) is 16.7. The van der Waals surface area contributed by atoms with Crippen molar-refractivity contribution in [2.45, 2.75) is 38.6 Å². The predicted molar refractivity (Wildman–Crippen MR) is 84.7 cm³/mol. The smallest absolute Gasteiger partial charge is 0.246 e. The van der Waals surface area contributed by atoms with Crippen molar-refractivity contribution >= 4 is 28.3 Å². The summed E-state index contributed by atoms with van der Waals surface area (Å²) in [6.45, 7) is 2.10. The van der Waals surface area contributed by atoms with Gasteiger partial charge in [-0.25, -0.2) is 4.98 Å². The van der Waals surface area contributed by atoms with Crippen molar-refractivity contribution in [2.24, 2.45) is 0 Å². The van der Waals surface area contributed by atoms with E-state index in [-0.39, 0.29) is 11.9 Å². The minimum atomic E-state index is -0.264. The Hall–Kier alpha value is -1.95. The van der Waals surface area contributed by atoms with Crippen molar-refractivity contribution in [3.8, 4) is 0 Å². The Kier molecular flexibility index (Phi) is 4.15. The highest BCUT2D eigenvalue weighted by Crippen LogP contribution is 2.23. The van der Waals surface area contributed by atoms with E-state index in [4.69, 9.17) is 0 Å². The number of benzene rings is 1. The zero-order valence-electron chi connectivity index (χ0n) is 11.9. The summed E-state index contributed by atoms with van der Waals surface area (Å²) < 4.78 is 4.30. The average molecular weight is 302 g/mol. The zero-order chi connectivity index (χ0) is 14.7. The highest BCUT2D eigenvalue weighted by molar-refractivity contribution is 7.09. The minimum absolute atomic E-state index is 0.00723. The summed E-state index contributed by atoms with van der Waals surface area (Å²) in [6.07, 6.45) is 3.52. The Labute approximate surface area is 128 Å². The molecule has 21 heavy (non-hydrogen) atoms. The molecule has 1 aromatic carbocycles. The standard InChI is InChI=1S/C15H18N4OS/c1-2-5-13-18-15(21-19-13)17-12-9-8-10-6-3-4-7-11(10)16-14(12)20/h3-4,6-7,12H,2,5,8-9H2,1H3,(H,16,20)(H,17,18,19). The van der Waals surface area contributed by atoms with Crippen molar-refractivity contribution in [2.75, 3.05) is 10.6 Å². The monoisotopic (exact) mass is 302 g/mol. The summed E-state index contributed by atoms with van der Waals surface area (Å²) in [5, 5.41) is 6.92. The highest BCUT2D eigenvalue weighted by atomic mass is 32.1. The van der Waals surface area contributed by atoms with Crippen LogP contribution in [0.5, 0.6) is 0 Å². The lowest BCUT2D eigenvalue weighted by Crippen LogP contribution is -2.33. The first-order chi connectivity index (χ1) is 10.3. The molecular formula is C15H18N4OS. The number of nitrogens with zero attached hydrogens (tertiary/aromatic N) is 2. The first kappa shape index (κ1) is 14.0. The summed E-state index contributed by atoms with van der Waals surface area (Å²) in [5.74, 6) is 0.842. The number of amides is 1. The fourth-order valence-electron chi connectivity index (χ4n) is 2.44. The number of carbonyl (C=O) groups is 1. The number of aromatic nitrogens is 2. The number of nitrogens with one attached hydrogen (secondary N) is 2. The fraction of sp³-hybridized carbons (Fsp3) is 0.400. The van der Waals surface area contributed by atoms with Crippen molar-refractivity contribution in [1.82, 2.24) is 9.36 Å². The van der Waals surface area contributed by atoms with Gasteiger partial charge < -0.3 is 10.6 Å². The van der Waals surface area contributed by atoms with E-state index in [2.05, 4.69) is 33.0 Å². The second kappa shape index (κ2) is 6.22. The van der Waals surface area contributed by atoms with E-state index in [1.807, 2.05) is 18.2 Å². The molecule has 0 bridgehead atoms. The molecule has 0 spiro atoms. The quantitative estimate of drug-likeness (QED) is 0.911. The Bertz CT molecular complexity index is 640. The molecule has 3 rings (SSSR count). The van der Waals surface area contributed by atoms with Gasteiger partial charge >= 0.3 is 0 Å². The number of rotatable bonds is 4. The molecule has 110 valence electrons. The van der Waals surface area contributed by atoms with Gasteiger partial charge in [0.2, 0.25) is 11.0 Å². The maximum atomic E-state index is 12.3. The van der Waals surface area contributed by atoms with Gasteiger partial charge in [0, 0.05) is 23.6 Å². The molecule has 0 aliphatic carbocycles. The summed E-state index contributed by atoms with van der Waals surface area (Å²) in [6, 6.07) is 7.68. The van der Waals surface area contributed by atoms with E-state index >= 15 is 0 Å².